The zero-order valence-corrected chi connectivity index (χ0v) is 46.2. The van der Waals surface area contributed by atoms with Crippen LogP contribution in [0, 0.1) is 17.0 Å². The number of aliphatic carboxylic acids is 1. The molecule has 74 heavy (non-hydrogen) atoms. The lowest BCUT2D eigenvalue weighted by Gasteiger charge is -2.25. The third-order valence-electron chi connectivity index (χ3n) is 8.10. The van der Waals surface area contributed by atoms with E-state index >= 15 is 0 Å². The van der Waals surface area contributed by atoms with E-state index in [0.717, 1.165) is 53.6 Å². The molecule has 1 atom stereocenters. The number of amides is 2. The molecule has 0 spiro atoms. The lowest BCUT2D eigenvalue weighted by Crippen LogP contribution is -2.35. The summed E-state index contributed by atoms with van der Waals surface area (Å²) in [6.07, 6.45) is 5.36. The molecule has 2 amide bonds. The van der Waals surface area contributed by atoms with Crippen LogP contribution in [0.3, 0.4) is 0 Å². The number of nitro benzene ring substituents is 1. The summed E-state index contributed by atoms with van der Waals surface area (Å²) in [7, 11) is -3.71. The number of aryl methyl sites for hydroxylation is 2. The number of anilines is 1. The number of rotatable bonds is 22. The predicted molar refractivity (Wildman–Crippen MR) is 280 cm³/mol. The summed E-state index contributed by atoms with van der Waals surface area (Å²) in [4.78, 5) is 86.8. The molecule has 0 aliphatic heterocycles. The molecule has 28 heteroatoms. The Labute approximate surface area is 450 Å². The van der Waals surface area contributed by atoms with Crippen LogP contribution in [0.2, 0.25) is 5.02 Å². The van der Waals surface area contributed by atoms with Gasteiger partial charge in [0.2, 0.25) is 5.91 Å². The number of hydrogen-bond donors (Lipinski definition) is 3. The van der Waals surface area contributed by atoms with E-state index in [0.29, 0.717) is 36.7 Å². The summed E-state index contributed by atoms with van der Waals surface area (Å²) in [6.45, 7) is 15.0. The van der Waals surface area contributed by atoms with Gasteiger partial charge in [0.05, 0.1) is 59.4 Å². The summed E-state index contributed by atoms with van der Waals surface area (Å²) in [5.41, 5.74) is 0.964. The van der Waals surface area contributed by atoms with Gasteiger partial charge in [-0.3, -0.25) is 34.7 Å². The number of carbonyl (C=O) groups excluding carboxylic acids is 4. The third-order valence-corrected chi connectivity index (χ3v) is 9.62. The first-order chi connectivity index (χ1) is 34.5. The van der Waals surface area contributed by atoms with Gasteiger partial charge in [0.25, 0.3) is 11.6 Å². The Balaban J connectivity index is 0. The standard InChI is InChI=1S/C18H13ClF3NO7.C14H20ClNO2.C8H11Cl2NO.C3H8NO5P.C3H9S/c1-2-28-16(24)9-29-17(25)12-8-11(4-5-14(12)23(26)27)30-15-6-3-10(7-13(15)19)18(20,21)22;1-4-12-8-6-7-11(3)14(12)16(10-18-5-2)13(17)9-15;1-3-5-11(6-4-2)8(12)7(9)10;5-3(6)1-4-2-10(7,8)9;1-4(2)3/h3-8H,2,9H2,1H3;6-8H,4-5,9-10H2,1-3H3;3-4,7H,1-2,5-6H2;4H,1-2H2,(H,5,6)(H2,7,8,9);1-3H3/q;;;;+1/p-1. The first kappa shape index (κ1) is 71.1. The number of carbonyl (C=O) groups is 5. The van der Waals surface area contributed by atoms with E-state index in [4.69, 9.17) is 70.6 Å². The van der Waals surface area contributed by atoms with Gasteiger partial charge in [-0.1, -0.05) is 72.1 Å². The van der Waals surface area contributed by atoms with E-state index < -0.39 is 77.7 Å². The van der Waals surface area contributed by atoms with Crippen LogP contribution >= 0.6 is 54.0 Å². The van der Waals surface area contributed by atoms with Crippen molar-refractivity contribution in [3.8, 4) is 11.5 Å². The molecule has 0 radical (unpaired) electrons. The molecule has 0 aliphatic rings. The fraction of sp³-hybridized carbons (Fsp3) is 0.413. The zero-order chi connectivity index (χ0) is 57.4. The van der Waals surface area contributed by atoms with E-state index in [9.17, 15) is 56.7 Å². The number of esters is 2. The monoisotopic (exact) mass is 1170 g/mol. The second kappa shape index (κ2) is 37.7. The molecule has 414 valence electrons. The van der Waals surface area contributed by atoms with Crippen molar-refractivity contribution in [3.05, 3.63) is 117 Å². The van der Waals surface area contributed by atoms with E-state index in [1.165, 1.54) is 11.8 Å². The highest BCUT2D eigenvalue weighted by molar-refractivity contribution is 7.94. The van der Waals surface area contributed by atoms with Crippen molar-refractivity contribution in [2.75, 3.05) is 82.0 Å². The second-order valence-corrected chi connectivity index (χ2v) is 20.3. The molecular formula is C46H60Cl4F3N4O15PS. The number of nitrogens with one attached hydrogen (secondary N) is 1. The summed E-state index contributed by atoms with van der Waals surface area (Å²) in [6, 6.07) is 11.4. The highest BCUT2D eigenvalue weighted by Crippen LogP contribution is 2.37. The molecule has 3 aromatic carbocycles. The van der Waals surface area contributed by atoms with Crippen molar-refractivity contribution in [2.24, 2.45) is 0 Å². The minimum Gasteiger partial charge on any atom is -0.778 e. The topological polar surface area (TPSA) is 265 Å². The number of nitro groups is 1. The van der Waals surface area contributed by atoms with Gasteiger partial charge in [0.15, 0.2) is 11.4 Å². The van der Waals surface area contributed by atoms with Gasteiger partial charge >= 0.3 is 24.1 Å². The van der Waals surface area contributed by atoms with E-state index in [-0.39, 0.29) is 47.6 Å². The van der Waals surface area contributed by atoms with E-state index in [1.807, 2.05) is 37.4 Å². The quantitative estimate of drug-likeness (QED) is 0.0124. The van der Waals surface area contributed by atoms with Gasteiger partial charge in [-0.25, -0.2) is 9.59 Å². The molecule has 3 rings (SSSR count). The summed E-state index contributed by atoms with van der Waals surface area (Å²) < 4.78 is 68.1. The Bertz CT molecular complexity index is 2340. The maximum absolute atomic E-state index is 12.7. The van der Waals surface area contributed by atoms with Gasteiger partial charge in [-0.15, -0.1) is 24.8 Å². The van der Waals surface area contributed by atoms with Gasteiger partial charge in [-0.05, 0) is 73.5 Å². The molecule has 19 nitrogen and oxygen atoms in total. The number of para-hydroxylation sites is 1. The summed E-state index contributed by atoms with van der Waals surface area (Å²) >= 11 is 22.3. The predicted octanol–water partition coefficient (Wildman–Crippen LogP) is 8.55. The summed E-state index contributed by atoms with van der Waals surface area (Å²) in [5.74, 6) is -4.02. The first-order valence-corrected chi connectivity index (χ1v) is 27.4. The molecule has 0 saturated heterocycles. The largest absolute Gasteiger partial charge is 0.778 e. The van der Waals surface area contributed by atoms with Crippen LogP contribution in [0.1, 0.15) is 47.8 Å². The normalized spacial score (nSPS) is 11.2. The minimum absolute atomic E-state index is 0.0371. The fourth-order valence-electron chi connectivity index (χ4n) is 5.11. The Morgan fingerprint density at radius 1 is 0.973 bits per heavy atom. The Morgan fingerprint density at radius 3 is 2.01 bits per heavy atom. The molecule has 3 N–H and O–H groups in total. The number of ether oxygens (including phenoxy) is 4. The van der Waals surface area contributed by atoms with Crippen LogP contribution in [0.4, 0.5) is 24.5 Å². The van der Waals surface area contributed by atoms with Crippen LogP contribution < -0.4 is 19.8 Å². The van der Waals surface area contributed by atoms with E-state index in [2.05, 4.69) is 43.6 Å². The molecule has 0 bridgehead atoms. The van der Waals surface area contributed by atoms with Crippen molar-refractivity contribution in [3.63, 3.8) is 0 Å². The van der Waals surface area contributed by atoms with Crippen molar-refractivity contribution >= 4 is 106 Å². The zero-order valence-electron chi connectivity index (χ0n) is 41.5. The molecule has 0 aromatic heterocycles. The van der Waals surface area contributed by atoms with Crippen LogP contribution in [0.25, 0.3) is 0 Å². The van der Waals surface area contributed by atoms with Gasteiger partial charge in [0, 0.05) is 31.8 Å². The number of carboxylic acids is 1. The number of alkyl halides is 6. The molecule has 3 aromatic rings. The number of halogens is 7. The minimum atomic E-state index is -4.61. The maximum atomic E-state index is 12.7. The van der Waals surface area contributed by atoms with Crippen molar-refractivity contribution in [1.82, 2.24) is 10.2 Å². The third kappa shape index (κ3) is 30.4. The summed E-state index contributed by atoms with van der Waals surface area (Å²) in [5, 5.41) is 20.8. The van der Waals surface area contributed by atoms with Gasteiger partial charge in [0.1, 0.15) is 37.3 Å². The van der Waals surface area contributed by atoms with Gasteiger partial charge in [-0.2, -0.15) is 13.2 Å². The highest BCUT2D eigenvalue weighted by atomic mass is 35.5. The fourth-order valence-corrected chi connectivity index (χ4v) is 6.14. The van der Waals surface area contributed by atoms with Crippen molar-refractivity contribution < 1.29 is 80.5 Å². The maximum Gasteiger partial charge on any atom is 0.416 e. The van der Waals surface area contributed by atoms with Crippen LogP contribution in [-0.2, 0) is 61.4 Å². The SMILES string of the molecule is C=CCN(CC=C)C(=O)C(Cl)Cl.CCOC(=O)COC(=O)c1cc(Oc2ccc(C(F)(F)F)cc2Cl)ccc1[N+](=O)[O-].CCOCN(C(=O)CCl)c1c(C)cccc1CC.C[S+](C)C.O=C(O)CNCP(=O)([O-])O. The second-order valence-electron chi connectivity index (χ2n) is 14.5. The highest BCUT2D eigenvalue weighted by Gasteiger charge is 2.31. The number of hydrogen-bond acceptors (Lipinski definition) is 14. The molecule has 0 fully saturated rings. The van der Waals surface area contributed by atoms with Crippen LogP contribution in [-0.4, -0.2) is 132 Å². The lowest BCUT2D eigenvalue weighted by molar-refractivity contribution is -0.385. The first-order valence-electron chi connectivity index (χ1n) is 21.4. The van der Waals surface area contributed by atoms with Crippen LogP contribution in [0.15, 0.2) is 79.9 Å². The molecular weight excluding hydrogens is 1110 g/mol. The molecule has 0 saturated carbocycles. The molecule has 0 aliphatic carbocycles. The molecule has 0 heterocycles. The number of benzene rings is 3. The van der Waals surface area contributed by atoms with Crippen molar-refractivity contribution in [1.29, 1.82) is 0 Å². The van der Waals surface area contributed by atoms with Crippen LogP contribution in [0.5, 0.6) is 11.5 Å². The van der Waals surface area contributed by atoms with E-state index in [1.54, 1.807) is 17.1 Å². The lowest BCUT2D eigenvalue weighted by atomic mass is 10.0. The number of nitrogens with zero attached hydrogens (tertiary/aromatic N) is 3. The van der Waals surface area contributed by atoms with Crippen molar-refractivity contribution in [2.45, 2.75) is 45.1 Å². The Morgan fingerprint density at radius 2 is 1.57 bits per heavy atom. The average Bonchev–Trinajstić information content (AvgIpc) is 3.31. The average molecular weight is 1170 g/mol. The smallest absolute Gasteiger partial charge is 0.416 e. The molecule has 1 unspecified atom stereocenters. The van der Waals surface area contributed by atoms with Gasteiger partial charge < -0.3 is 43.3 Å². The number of carboxylic acid groups (broad SMARTS) is 1. The Kier molecular flexibility index (Phi) is 36.3. The Hall–Kier alpha value is -4.94.